The zero-order valence-corrected chi connectivity index (χ0v) is 9.08. The van der Waals surface area contributed by atoms with Crippen molar-refractivity contribution in [1.29, 1.82) is 0 Å². The molecule has 0 saturated carbocycles. The second kappa shape index (κ2) is 4.11. The molecule has 1 atom stereocenters. The van der Waals surface area contributed by atoms with Gasteiger partial charge in [0.05, 0.1) is 20.1 Å². The topological polar surface area (TPSA) is 35.5 Å². The highest BCUT2D eigenvalue weighted by Crippen LogP contribution is 2.37. The van der Waals surface area contributed by atoms with Gasteiger partial charge in [-0.3, -0.25) is 4.79 Å². The number of rotatable bonds is 2. The molecule has 0 aromatic heterocycles. The van der Waals surface area contributed by atoms with Gasteiger partial charge in [0.1, 0.15) is 5.75 Å². The minimum Gasteiger partial charge on any atom is -0.493 e. The summed E-state index contributed by atoms with van der Waals surface area (Å²) < 4.78 is 10.1. The average molecular weight is 227 g/mol. The molecular weight excluding hydrogens is 216 g/mol. The van der Waals surface area contributed by atoms with Gasteiger partial charge in [-0.25, -0.2) is 0 Å². The Morgan fingerprint density at radius 2 is 2.47 bits per heavy atom. The van der Waals surface area contributed by atoms with E-state index in [-0.39, 0.29) is 11.9 Å². The Bertz CT molecular complexity index is 389. The molecule has 1 aromatic rings. The summed E-state index contributed by atoms with van der Waals surface area (Å²) in [6.07, 6.45) is 0.352. The minimum atomic E-state index is -0.216. The molecule has 3 nitrogen and oxygen atoms in total. The SMILES string of the molecule is COC(=O)C[C@@H]1COc2cc(Cl)ccc21. The Hall–Kier alpha value is -1.22. The summed E-state index contributed by atoms with van der Waals surface area (Å²) in [6, 6.07) is 5.48. The number of fused-ring (bicyclic) bond motifs is 1. The molecule has 0 N–H and O–H groups in total. The van der Waals surface area contributed by atoms with Gasteiger partial charge in [0.25, 0.3) is 0 Å². The van der Waals surface area contributed by atoms with Crippen molar-refractivity contribution in [3.63, 3.8) is 0 Å². The fourth-order valence-corrected chi connectivity index (χ4v) is 1.87. The molecule has 0 fully saturated rings. The van der Waals surface area contributed by atoms with Gasteiger partial charge < -0.3 is 9.47 Å². The van der Waals surface area contributed by atoms with Gasteiger partial charge >= 0.3 is 5.97 Å². The summed E-state index contributed by atoms with van der Waals surface area (Å²) in [6.45, 7) is 0.519. The molecule has 1 heterocycles. The Balaban J connectivity index is 2.18. The first-order chi connectivity index (χ1) is 7.20. The third-order valence-corrected chi connectivity index (χ3v) is 2.73. The van der Waals surface area contributed by atoms with Gasteiger partial charge in [0, 0.05) is 16.5 Å². The number of ether oxygens (including phenoxy) is 2. The van der Waals surface area contributed by atoms with Crippen LogP contribution in [0.4, 0.5) is 0 Å². The standard InChI is InChI=1S/C11H11ClO3/c1-14-11(13)4-7-6-15-10-5-8(12)2-3-9(7)10/h2-3,5,7H,4,6H2,1H3/t7-/m1/s1. The zero-order chi connectivity index (χ0) is 10.8. The van der Waals surface area contributed by atoms with Gasteiger partial charge in [-0.1, -0.05) is 17.7 Å². The highest BCUT2D eigenvalue weighted by molar-refractivity contribution is 6.30. The van der Waals surface area contributed by atoms with E-state index in [1.54, 1.807) is 12.1 Å². The smallest absolute Gasteiger partial charge is 0.306 e. The summed E-state index contributed by atoms with van der Waals surface area (Å²) in [5.74, 6) is 0.646. The molecule has 1 aromatic carbocycles. The highest BCUT2D eigenvalue weighted by atomic mass is 35.5. The molecular formula is C11H11ClO3. The lowest BCUT2D eigenvalue weighted by Gasteiger charge is -2.06. The number of carbonyl (C=O) groups is 1. The van der Waals surface area contributed by atoms with E-state index in [1.165, 1.54) is 7.11 Å². The van der Waals surface area contributed by atoms with E-state index in [2.05, 4.69) is 4.74 Å². The molecule has 0 radical (unpaired) electrons. The van der Waals surface area contributed by atoms with Crippen molar-refractivity contribution >= 4 is 17.6 Å². The molecule has 0 amide bonds. The summed E-state index contributed by atoms with van der Waals surface area (Å²) >= 11 is 5.83. The molecule has 0 bridgehead atoms. The highest BCUT2D eigenvalue weighted by Gasteiger charge is 2.26. The van der Waals surface area contributed by atoms with E-state index in [0.29, 0.717) is 18.1 Å². The molecule has 0 aliphatic carbocycles. The lowest BCUT2D eigenvalue weighted by Crippen LogP contribution is -2.09. The van der Waals surface area contributed by atoms with Gasteiger partial charge in [0.15, 0.2) is 0 Å². The predicted octanol–water partition coefficient (Wildman–Crippen LogP) is 2.38. The molecule has 0 spiro atoms. The summed E-state index contributed by atoms with van der Waals surface area (Å²) in [4.78, 5) is 11.1. The Labute approximate surface area is 92.9 Å². The molecule has 2 rings (SSSR count). The van der Waals surface area contributed by atoms with E-state index >= 15 is 0 Å². The monoisotopic (exact) mass is 226 g/mol. The Morgan fingerprint density at radius 1 is 1.67 bits per heavy atom. The number of hydrogen-bond acceptors (Lipinski definition) is 3. The second-order valence-electron chi connectivity index (χ2n) is 3.47. The normalized spacial score (nSPS) is 18.1. The maximum atomic E-state index is 11.1. The third kappa shape index (κ3) is 2.07. The zero-order valence-electron chi connectivity index (χ0n) is 8.33. The van der Waals surface area contributed by atoms with Crippen LogP contribution in [0.25, 0.3) is 0 Å². The second-order valence-corrected chi connectivity index (χ2v) is 3.91. The Kier molecular flexibility index (Phi) is 2.82. The van der Waals surface area contributed by atoms with Crippen molar-refractivity contribution in [2.24, 2.45) is 0 Å². The summed E-state index contributed by atoms with van der Waals surface area (Å²) in [5.41, 5.74) is 1.03. The van der Waals surface area contributed by atoms with E-state index < -0.39 is 0 Å². The summed E-state index contributed by atoms with van der Waals surface area (Å²) in [5, 5.41) is 0.646. The van der Waals surface area contributed by atoms with Crippen LogP contribution < -0.4 is 4.74 Å². The van der Waals surface area contributed by atoms with Crippen molar-refractivity contribution < 1.29 is 14.3 Å². The van der Waals surface area contributed by atoms with Gasteiger partial charge in [-0.15, -0.1) is 0 Å². The van der Waals surface area contributed by atoms with Crippen LogP contribution in [0.3, 0.4) is 0 Å². The van der Waals surface area contributed by atoms with Crippen molar-refractivity contribution in [2.75, 3.05) is 13.7 Å². The van der Waals surface area contributed by atoms with E-state index in [0.717, 1.165) is 11.3 Å². The van der Waals surface area contributed by atoms with Crippen LogP contribution in [0.5, 0.6) is 5.75 Å². The molecule has 0 saturated heterocycles. The van der Waals surface area contributed by atoms with Crippen molar-refractivity contribution in [3.05, 3.63) is 28.8 Å². The number of esters is 1. The molecule has 80 valence electrons. The number of halogens is 1. The quantitative estimate of drug-likeness (QED) is 0.727. The van der Waals surface area contributed by atoms with E-state index in [1.807, 2.05) is 6.07 Å². The predicted molar refractivity (Wildman–Crippen MR) is 56.3 cm³/mol. The largest absolute Gasteiger partial charge is 0.493 e. The number of hydrogen-bond donors (Lipinski definition) is 0. The minimum absolute atomic E-state index is 0.0877. The maximum absolute atomic E-state index is 11.1. The number of carbonyl (C=O) groups excluding carboxylic acids is 1. The molecule has 15 heavy (non-hydrogen) atoms. The van der Waals surface area contributed by atoms with Crippen molar-refractivity contribution in [1.82, 2.24) is 0 Å². The first-order valence-corrected chi connectivity index (χ1v) is 5.07. The van der Waals surface area contributed by atoms with Crippen LogP contribution in [0.2, 0.25) is 5.02 Å². The van der Waals surface area contributed by atoms with Crippen LogP contribution in [0.15, 0.2) is 18.2 Å². The Morgan fingerprint density at radius 3 is 3.20 bits per heavy atom. The average Bonchev–Trinajstić information content (AvgIpc) is 2.60. The molecule has 1 aliphatic rings. The van der Waals surface area contributed by atoms with Crippen molar-refractivity contribution in [2.45, 2.75) is 12.3 Å². The van der Waals surface area contributed by atoms with E-state index in [4.69, 9.17) is 16.3 Å². The van der Waals surface area contributed by atoms with Crippen LogP contribution in [-0.4, -0.2) is 19.7 Å². The van der Waals surface area contributed by atoms with Crippen LogP contribution in [0.1, 0.15) is 17.9 Å². The first kappa shape index (κ1) is 10.3. The van der Waals surface area contributed by atoms with Crippen LogP contribution in [-0.2, 0) is 9.53 Å². The van der Waals surface area contributed by atoms with Gasteiger partial charge in [-0.05, 0) is 12.1 Å². The number of methoxy groups -OCH3 is 1. The molecule has 4 heteroatoms. The third-order valence-electron chi connectivity index (χ3n) is 2.50. The fourth-order valence-electron chi connectivity index (χ4n) is 1.70. The lowest BCUT2D eigenvalue weighted by molar-refractivity contribution is -0.141. The summed E-state index contributed by atoms with van der Waals surface area (Å²) in [7, 11) is 1.39. The van der Waals surface area contributed by atoms with E-state index in [9.17, 15) is 4.79 Å². The first-order valence-electron chi connectivity index (χ1n) is 4.70. The fraction of sp³-hybridized carbons (Fsp3) is 0.364. The van der Waals surface area contributed by atoms with Crippen LogP contribution in [0, 0.1) is 0 Å². The van der Waals surface area contributed by atoms with Crippen LogP contribution >= 0.6 is 11.6 Å². The number of benzene rings is 1. The molecule has 0 unspecified atom stereocenters. The lowest BCUT2D eigenvalue weighted by atomic mass is 9.98. The maximum Gasteiger partial charge on any atom is 0.306 e. The van der Waals surface area contributed by atoms with Gasteiger partial charge in [0.2, 0.25) is 0 Å². The van der Waals surface area contributed by atoms with Gasteiger partial charge in [-0.2, -0.15) is 0 Å². The van der Waals surface area contributed by atoms with Crippen molar-refractivity contribution in [3.8, 4) is 5.75 Å². The molecule has 1 aliphatic heterocycles.